The third kappa shape index (κ3) is 6.08. The van der Waals surface area contributed by atoms with Gasteiger partial charge in [0.2, 0.25) is 0 Å². The van der Waals surface area contributed by atoms with Crippen LogP contribution in [-0.4, -0.2) is 42.9 Å². The molecule has 1 aliphatic rings. The Balaban J connectivity index is 1.87. The molecular weight excluding hydrogens is 472 g/mol. The Bertz CT molecular complexity index is 1260. The van der Waals surface area contributed by atoms with Gasteiger partial charge in [-0.1, -0.05) is 29.8 Å². The van der Waals surface area contributed by atoms with Crippen LogP contribution in [0.15, 0.2) is 59.2 Å². The predicted octanol–water partition coefficient (Wildman–Crippen LogP) is 4.08. The van der Waals surface area contributed by atoms with E-state index in [1.54, 1.807) is 43.3 Å². The molecule has 1 heterocycles. The molecule has 2 amide bonds. The van der Waals surface area contributed by atoms with Gasteiger partial charge in [-0.05, 0) is 54.0 Å². The topological polar surface area (TPSA) is 106 Å². The minimum Gasteiger partial charge on any atom is -0.493 e. The molecule has 0 radical (unpaired) electrons. The molecule has 9 heteroatoms. The van der Waals surface area contributed by atoms with Gasteiger partial charge in [-0.3, -0.25) is 19.3 Å². The zero-order valence-electron chi connectivity index (χ0n) is 19.5. The smallest absolute Gasteiger partial charge is 0.302 e. The molecule has 180 valence electrons. The van der Waals surface area contributed by atoms with Crippen molar-refractivity contribution in [2.24, 2.45) is 0 Å². The summed E-state index contributed by atoms with van der Waals surface area (Å²) < 4.78 is 16.2. The lowest BCUT2D eigenvalue weighted by molar-refractivity contribution is -0.147. The lowest BCUT2D eigenvalue weighted by atomic mass is 9.93. The third-order valence-corrected chi connectivity index (χ3v) is 5.50. The van der Waals surface area contributed by atoms with Gasteiger partial charge >= 0.3 is 5.97 Å². The average molecular weight is 495 g/mol. The second kappa shape index (κ2) is 11.4. The fraction of sp³-hybridized carbons (Fsp3) is 0.231. The van der Waals surface area contributed by atoms with Crippen LogP contribution in [0.4, 0.5) is 0 Å². The van der Waals surface area contributed by atoms with Crippen LogP contribution >= 0.6 is 11.6 Å². The summed E-state index contributed by atoms with van der Waals surface area (Å²) >= 11 is 5.91. The van der Waals surface area contributed by atoms with E-state index in [1.165, 1.54) is 14.0 Å². The summed E-state index contributed by atoms with van der Waals surface area (Å²) in [5.74, 6) is -0.886. The number of nitriles is 1. The Kier molecular flexibility index (Phi) is 8.29. The molecular formula is C26H23ClN2O6. The van der Waals surface area contributed by atoms with Gasteiger partial charge in [0.25, 0.3) is 11.8 Å². The van der Waals surface area contributed by atoms with Crippen molar-refractivity contribution in [1.29, 1.82) is 5.26 Å². The van der Waals surface area contributed by atoms with Crippen LogP contribution in [0.1, 0.15) is 25.0 Å². The monoisotopic (exact) mass is 494 g/mol. The minimum absolute atomic E-state index is 0.145. The van der Waals surface area contributed by atoms with Crippen molar-refractivity contribution in [2.75, 3.05) is 20.3 Å². The first-order valence-corrected chi connectivity index (χ1v) is 11.0. The van der Waals surface area contributed by atoms with Crippen molar-refractivity contribution in [3.8, 4) is 17.6 Å². The number of amides is 2. The third-order valence-electron chi connectivity index (χ3n) is 5.25. The van der Waals surface area contributed by atoms with Crippen LogP contribution in [0.2, 0.25) is 5.02 Å². The van der Waals surface area contributed by atoms with Gasteiger partial charge in [0.05, 0.1) is 13.7 Å². The maximum absolute atomic E-state index is 13.1. The molecule has 8 nitrogen and oxygen atoms in total. The molecule has 0 saturated heterocycles. The molecule has 35 heavy (non-hydrogen) atoms. The second-order valence-electron chi connectivity index (χ2n) is 7.60. The van der Waals surface area contributed by atoms with E-state index in [1.807, 2.05) is 18.2 Å². The fourth-order valence-corrected chi connectivity index (χ4v) is 3.54. The quantitative estimate of drug-likeness (QED) is 0.309. The highest BCUT2D eigenvalue weighted by Crippen LogP contribution is 2.32. The molecule has 3 rings (SSSR count). The van der Waals surface area contributed by atoms with E-state index in [4.69, 9.17) is 25.8 Å². The number of hydrogen-bond acceptors (Lipinski definition) is 7. The number of carbonyl (C=O) groups is 3. The standard InChI is InChI=1S/C26H23ClN2O6/c1-16-21(25(31)29(10-11-34-17(2)30)26(32)22(16)14-28)12-19-6-9-23(24(13-19)33-3)35-15-18-4-7-20(27)8-5-18/h4-9,12-13H,10-11,15H2,1-3H3/b21-12+. The second-order valence-corrected chi connectivity index (χ2v) is 8.03. The number of ether oxygens (including phenoxy) is 3. The molecule has 0 N–H and O–H groups in total. The van der Waals surface area contributed by atoms with Gasteiger partial charge < -0.3 is 14.2 Å². The zero-order chi connectivity index (χ0) is 25.5. The number of hydrogen-bond donors (Lipinski definition) is 0. The van der Waals surface area contributed by atoms with Gasteiger partial charge in [0, 0.05) is 17.5 Å². The van der Waals surface area contributed by atoms with Crippen LogP contribution in [0.3, 0.4) is 0 Å². The first kappa shape index (κ1) is 25.5. The van der Waals surface area contributed by atoms with Crippen molar-refractivity contribution in [1.82, 2.24) is 4.90 Å². The van der Waals surface area contributed by atoms with Gasteiger partial charge in [-0.2, -0.15) is 5.26 Å². The summed E-state index contributed by atoms with van der Waals surface area (Å²) in [6.07, 6.45) is 1.58. The predicted molar refractivity (Wildman–Crippen MR) is 128 cm³/mol. The number of nitrogens with zero attached hydrogens (tertiary/aromatic N) is 2. The summed E-state index contributed by atoms with van der Waals surface area (Å²) in [4.78, 5) is 37.6. The van der Waals surface area contributed by atoms with Crippen LogP contribution in [-0.2, 0) is 25.7 Å². The van der Waals surface area contributed by atoms with Crippen LogP contribution < -0.4 is 9.47 Å². The molecule has 0 unspecified atom stereocenters. The number of methoxy groups -OCH3 is 1. The van der Waals surface area contributed by atoms with E-state index in [0.717, 1.165) is 10.5 Å². The molecule has 1 aliphatic heterocycles. The van der Waals surface area contributed by atoms with E-state index < -0.39 is 17.8 Å². The van der Waals surface area contributed by atoms with E-state index in [2.05, 4.69) is 0 Å². The number of halogens is 1. The molecule has 0 atom stereocenters. The lowest BCUT2D eigenvalue weighted by Gasteiger charge is -2.27. The Morgan fingerprint density at radius 3 is 2.46 bits per heavy atom. The molecule has 0 spiro atoms. The van der Waals surface area contributed by atoms with Crippen molar-refractivity contribution in [3.63, 3.8) is 0 Å². The largest absolute Gasteiger partial charge is 0.493 e. The first-order valence-electron chi connectivity index (χ1n) is 10.6. The average Bonchev–Trinajstić information content (AvgIpc) is 2.84. The Labute approximate surface area is 207 Å². The maximum atomic E-state index is 13.1. The van der Waals surface area contributed by atoms with Crippen molar-refractivity contribution in [3.05, 3.63) is 75.3 Å². The van der Waals surface area contributed by atoms with Crippen molar-refractivity contribution < 1.29 is 28.6 Å². The Morgan fingerprint density at radius 2 is 1.83 bits per heavy atom. The molecule has 0 aliphatic carbocycles. The number of benzene rings is 2. The SMILES string of the molecule is COc1cc(/C=C2/C(=O)N(CCOC(C)=O)C(=O)C(C#N)=C2C)ccc1OCc1ccc(Cl)cc1. The maximum Gasteiger partial charge on any atom is 0.302 e. The summed E-state index contributed by atoms with van der Waals surface area (Å²) in [7, 11) is 1.50. The lowest BCUT2D eigenvalue weighted by Crippen LogP contribution is -2.44. The van der Waals surface area contributed by atoms with E-state index in [0.29, 0.717) is 28.7 Å². The zero-order valence-corrected chi connectivity index (χ0v) is 20.2. The van der Waals surface area contributed by atoms with E-state index >= 15 is 0 Å². The van der Waals surface area contributed by atoms with E-state index in [-0.39, 0.29) is 29.9 Å². The highest BCUT2D eigenvalue weighted by molar-refractivity contribution is 6.30. The molecule has 2 aromatic rings. The highest BCUT2D eigenvalue weighted by atomic mass is 35.5. The van der Waals surface area contributed by atoms with Gasteiger partial charge in [-0.25, -0.2) is 0 Å². The Morgan fingerprint density at radius 1 is 1.11 bits per heavy atom. The van der Waals surface area contributed by atoms with Gasteiger partial charge in [-0.15, -0.1) is 0 Å². The first-order chi connectivity index (χ1) is 16.7. The number of imide groups is 1. The number of rotatable bonds is 8. The summed E-state index contributed by atoms with van der Waals surface area (Å²) in [5, 5.41) is 10.1. The van der Waals surface area contributed by atoms with Crippen LogP contribution in [0, 0.1) is 11.3 Å². The molecule has 0 saturated carbocycles. The molecule has 0 bridgehead atoms. The number of carbonyl (C=O) groups excluding carboxylic acids is 3. The molecule has 0 fully saturated rings. The number of esters is 1. The van der Waals surface area contributed by atoms with Crippen molar-refractivity contribution >= 4 is 35.5 Å². The minimum atomic E-state index is -0.720. The molecule has 2 aromatic carbocycles. The highest BCUT2D eigenvalue weighted by Gasteiger charge is 2.35. The summed E-state index contributed by atoms with van der Waals surface area (Å²) in [6.45, 7) is 2.76. The van der Waals surface area contributed by atoms with Gasteiger partial charge in [0.15, 0.2) is 11.5 Å². The summed E-state index contributed by atoms with van der Waals surface area (Å²) in [5.41, 5.74) is 1.84. The van der Waals surface area contributed by atoms with Gasteiger partial charge in [0.1, 0.15) is 24.9 Å². The fourth-order valence-electron chi connectivity index (χ4n) is 3.42. The normalized spacial score (nSPS) is 14.7. The summed E-state index contributed by atoms with van der Waals surface area (Å²) in [6, 6.07) is 14.3. The van der Waals surface area contributed by atoms with E-state index in [9.17, 15) is 19.6 Å². The Hall–Kier alpha value is -4.09. The van der Waals surface area contributed by atoms with Crippen molar-refractivity contribution in [2.45, 2.75) is 20.5 Å². The van der Waals surface area contributed by atoms with Crippen LogP contribution in [0.25, 0.3) is 6.08 Å². The molecule has 0 aromatic heterocycles. The van der Waals surface area contributed by atoms with Crippen LogP contribution in [0.5, 0.6) is 11.5 Å².